The van der Waals surface area contributed by atoms with E-state index in [1.54, 1.807) is 0 Å². The summed E-state index contributed by atoms with van der Waals surface area (Å²) in [7, 11) is -9.81. The van der Waals surface area contributed by atoms with Crippen molar-refractivity contribution in [2.24, 2.45) is 0 Å². The van der Waals surface area contributed by atoms with E-state index < -0.39 is 91.5 Å². The first-order valence-electron chi connectivity index (χ1n) is 39.8. The van der Waals surface area contributed by atoms with Crippen molar-refractivity contribution in [1.29, 1.82) is 0 Å². The molecule has 0 aromatic rings. The summed E-state index contributed by atoms with van der Waals surface area (Å²) in [6.45, 7) is 2.30. The molecule has 0 aromatic carbocycles. The molecule has 5 atom stereocenters. The lowest BCUT2D eigenvalue weighted by Crippen LogP contribution is -2.30. The van der Waals surface area contributed by atoms with Crippen molar-refractivity contribution < 1.29 is 75.8 Å². The maximum Gasteiger partial charge on any atom is 0.472 e. The van der Waals surface area contributed by atoms with Crippen molar-refractivity contribution in [3.8, 4) is 0 Å². The summed E-state index contributed by atoms with van der Waals surface area (Å²) in [5, 5.41) is 20.6. The van der Waals surface area contributed by atoms with Crippen LogP contribution in [-0.2, 0) is 55.8 Å². The molecule has 0 rings (SSSR count). The molecular weight excluding hydrogens is 1340 g/mol. The number of hydrogen-bond donors (Lipinski definition) is 4. The summed E-state index contributed by atoms with van der Waals surface area (Å²) < 4.78 is 61.1. The molecule has 0 spiro atoms. The summed E-state index contributed by atoms with van der Waals surface area (Å²) in [5.74, 6) is -1.62. The first-order valence-corrected chi connectivity index (χ1v) is 42.8. The van der Waals surface area contributed by atoms with Crippen LogP contribution in [0.15, 0.2) is 158 Å². The van der Waals surface area contributed by atoms with E-state index in [1.165, 1.54) is 77.0 Å². The van der Waals surface area contributed by atoms with E-state index in [0.29, 0.717) is 19.3 Å². The number of esters is 3. The molecule has 103 heavy (non-hydrogen) atoms. The Bertz CT molecular complexity index is 2500. The largest absolute Gasteiger partial charge is 0.472 e. The van der Waals surface area contributed by atoms with Gasteiger partial charge < -0.3 is 34.2 Å². The minimum atomic E-state index is -4.95. The molecule has 0 radical (unpaired) electrons. The molecule has 588 valence electrons. The van der Waals surface area contributed by atoms with E-state index in [9.17, 15) is 43.5 Å². The van der Waals surface area contributed by atoms with Gasteiger partial charge in [-0.15, -0.1) is 0 Å². The first kappa shape index (κ1) is 98.2. The molecule has 0 aliphatic rings. The number of ether oxygens (including phenoxy) is 3. The highest BCUT2D eigenvalue weighted by molar-refractivity contribution is 7.47. The van der Waals surface area contributed by atoms with Gasteiger partial charge >= 0.3 is 33.6 Å². The maximum atomic E-state index is 13.0. The van der Waals surface area contributed by atoms with Crippen LogP contribution >= 0.6 is 15.6 Å². The average molecular weight is 1480 g/mol. The van der Waals surface area contributed by atoms with E-state index >= 15 is 0 Å². The Balaban J connectivity index is 4.53. The molecule has 16 nitrogen and oxygen atoms in total. The SMILES string of the molecule is CC/C=C\C/C=C\C/C=C\C/C=C\C/C=C\CCCCCCCCCCCCCCCCCC(=O)OCC(O)COP(=O)(O)OCC(O)COP(=O)(O)OCC(COC(=O)CCCCCCCC/C=C\C/C=C\C/C=C\C/C=C\CC)OC(=O)CCCCCC/C=C\C/C=C\C/C=C\C/C=C\CC. The zero-order chi connectivity index (χ0) is 75.2. The van der Waals surface area contributed by atoms with Crippen molar-refractivity contribution in [1.82, 2.24) is 0 Å². The molecule has 18 heteroatoms. The van der Waals surface area contributed by atoms with Crippen molar-refractivity contribution >= 4 is 33.6 Å². The number of hydrogen-bond acceptors (Lipinski definition) is 14. The number of phosphoric ester groups is 2. The highest BCUT2D eigenvalue weighted by Gasteiger charge is 2.29. The van der Waals surface area contributed by atoms with Crippen LogP contribution in [0, 0.1) is 0 Å². The zero-order valence-corrected chi connectivity index (χ0v) is 66.0. The Morgan fingerprint density at radius 2 is 0.485 bits per heavy atom. The monoisotopic (exact) mass is 1480 g/mol. The van der Waals surface area contributed by atoms with Crippen LogP contribution in [0.25, 0.3) is 0 Å². The highest BCUT2D eigenvalue weighted by atomic mass is 31.2. The molecule has 0 heterocycles. The molecule has 0 saturated heterocycles. The van der Waals surface area contributed by atoms with E-state index in [4.69, 9.17) is 32.3 Å². The van der Waals surface area contributed by atoms with Crippen LogP contribution in [0.2, 0.25) is 0 Å². The van der Waals surface area contributed by atoms with Gasteiger partial charge in [0.1, 0.15) is 25.4 Å². The van der Waals surface area contributed by atoms with Crippen LogP contribution in [0.4, 0.5) is 0 Å². The predicted molar refractivity (Wildman–Crippen MR) is 426 cm³/mol. The number of carbonyl (C=O) groups excluding carboxylic acids is 3. The van der Waals surface area contributed by atoms with Gasteiger partial charge in [-0.1, -0.05) is 301 Å². The third-order valence-electron chi connectivity index (χ3n) is 16.2. The smallest absolute Gasteiger partial charge is 0.463 e. The van der Waals surface area contributed by atoms with E-state index in [-0.39, 0.29) is 19.3 Å². The topological polar surface area (TPSA) is 231 Å². The van der Waals surface area contributed by atoms with Gasteiger partial charge in [0.2, 0.25) is 0 Å². The quantitative estimate of drug-likeness (QED) is 0.0146. The zero-order valence-electron chi connectivity index (χ0n) is 64.2. The highest BCUT2D eigenvalue weighted by Crippen LogP contribution is 2.45. The van der Waals surface area contributed by atoms with Gasteiger partial charge in [0.25, 0.3) is 0 Å². The number of phosphoric acid groups is 2. The van der Waals surface area contributed by atoms with Crippen LogP contribution in [0.5, 0.6) is 0 Å². The standard InChI is InChI=1S/C85H142O16P2/c1-4-7-10-13-16-19-22-25-28-31-33-34-35-36-37-38-39-40-41-42-43-44-46-49-50-53-56-59-62-65-68-71-83(88)95-74-80(86)75-97-102(91,92)98-76-81(87)77-99-103(93,94)100-79-82(101-85(90)73-70-67-64-61-58-55-52-47-30-27-24-21-18-15-12-9-6-3)78-96-84(89)72-69-66-63-60-57-54-51-48-45-32-29-26-23-20-17-14-11-8-5-2/h7-12,16-21,25-30,33-34,36-37,45,48,52,55,80-82,86-87H,4-6,13-15,22-24,31-32,35,38-44,46-47,49-51,53-54,56-79H2,1-3H3,(H,91,92)(H,93,94)/b10-7-,11-8-,12-9-,19-16-,20-17-,21-18-,28-25-,29-26-,30-27-,34-33-,37-36-,48-45-,55-52-. The van der Waals surface area contributed by atoms with Crippen molar-refractivity contribution in [2.75, 3.05) is 39.6 Å². The summed E-state index contributed by atoms with van der Waals surface area (Å²) in [6, 6.07) is 0. The van der Waals surface area contributed by atoms with E-state index in [2.05, 4.69) is 179 Å². The Morgan fingerprint density at radius 1 is 0.272 bits per heavy atom. The Morgan fingerprint density at radius 3 is 0.767 bits per heavy atom. The van der Waals surface area contributed by atoms with Crippen molar-refractivity contribution in [3.05, 3.63) is 158 Å². The van der Waals surface area contributed by atoms with Crippen molar-refractivity contribution in [2.45, 2.75) is 322 Å². The normalized spacial score (nSPS) is 14.8. The summed E-state index contributed by atoms with van der Waals surface area (Å²) >= 11 is 0. The minimum absolute atomic E-state index is 0.0687. The third-order valence-corrected chi connectivity index (χ3v) is 18.1. The Kier molecular flexibility index (Phi) is 73.2. The Hall–Kier alpha value is -4.83. The lowest BCUT2D eigenvalue weighted by molar-refractivity contribution is -0.161. The molecule has 0 fully saturated rings. The summed E-state index contributed by atoms with van der Waals surface area (Å²) in [5.41, 5.74) is 0. The average Bonchev–Trinajstić information content (AvgIpc) is 0.915. The van der Waals surface area contributed by atoms with Gasteiger partial charge in [-0.25, -0.2) is 9.13 Å². The molecule has 4 N–H and O–H groups in total. The van der Waals surface area contributed by atoms with Crippen LogP contribution in [-0.4, -0.2) is 95.9 Å². The number of aliphatic hydroxyl groups excluding tert-OH is 2. The molecule has 0 aliphatic carbocycles. The van der Waals surface area contributed by atoms with Gasteiger partial charge in [-0.3, -0.25) is 32.5 Å². The number of aliphatic hydroxyl groups is 2. The lowest BCUT2D eigenvalue weighted by atomic mass is 10.0. The first-order chi connectivity index (χ1) is 50.2. The molecule has 0 aromatic heterocycles. The third kappa shape index (κ3) is 78.1. The van der Waals surface area contributed by atoms with Gasteiger partial charge in [0.15, 0.2) is 6.10 Å². The fourth-order valence-electron chi connectivity index (χ4n) is 10.3. The second-order valence-electron chi connectivity index (χ2n) is 26.1. The minimum Gasteiger partial charge on any atom is -0.463 e. The second-order valence-corrected chi connectivity index (χ2v) is 29.0. The van der Waals surface area contributed by atoms with Gasteiger partial charge in [-0.05, 0) is 141 Å². The second kappa shape index (κ2) is 76.8. The van der Waals surface area contributed by atoms with Gasteiger partial charge in [0.05, 0.1) is 26.4 Å². The van der Waals surface area contributed by atoms with E-state index in [0.717, 1.165) is 167 Å². The number of allylic oxidation sites excluding steroid dienone is 26. The van der Waals surface area contributed by atoms with Crippen LogP contribution in [0.1, 0.15) is 303 Å². The Labute approximate surface area is 625 Å². The number of carbonyl (C=O) groups is 3. The molecular formula is C85H142O16P2. The van der Waals surface area contributed by atoms with E-state index in [1.807, 2.05) is 0 Å². The molecule has 5 unspecified atom stereocenters. The van der Waals surface area contributed by atoms with Crippen LogP contribution < -0.4 is 0 Å². The maximum absolute atomic E-state index is 13.0. The van der Waals surface area contributed by atoms with Crippen LogP contribution in [0.3, 0.4) is 0 Å². The number of unbranched alkanes of at least 4 members (excludes halogenated alkanes) is 25. The predicted octanol–water partition coefficient (Wildman–Crippen LogP) is 23.4. The number of rotatable bonds is 74. The summed E-state index contributed by atoms with van der Waals surface area (Å²) in [4.78, 5) is 58.7. The summed E-state index contributed by atoms with van der Waals surface area (Å²) in [6.07, 6.45) is 95.8. The molecule has 0 bridgehead atoms. The molecule has 0 aliphatic heterocycles. The fourth-order valence-corrected chi connectivity index (χ4v) is 11.9. The lowest BCUT2D eigenvalue weighted by Gasteiger charge is -2.21. The van der Waals surface area contributed by atoms with Gasteiger partial charge in [-0.2, -0.15) is 0 Å². The van der Waals surface area contributed by atoms with Crippen molar-refractivity contribution in [3.63, 3.8) is 0 Å². The fraction of sp³-hybridized carbons (Fsp3) is 0.659. The molecule has 0 amide bonds. The van der Waals surface area contributed by atoms with Gasteiger partial charge in [0, 0.05) is 19.3 Å². The molecule has 0 saturated carbocycles.